The molecular weight excluding hydrogens is 252 g/mol. The molecule has 0 unspecified atom stereocenters. The van der Waals surface area contributed by atoms with Gasteiger partial charge < -0.3 is 0 Å². The molecule has 0 saturated heterocycles. The third kappa shape index (κ3) is 1.81. The number of rotatable bonds is 2. The van der Waals surface area contributed by atoms with Gasteiger partial charge in [0.2, 0.25) is 12.2 Å². The molecule has 1 aliphatic carbocycles. The van der Waals surface area contributed by atoms with Gasteiger partial charge in [-0.05, 0) is 18.4 Å². The van der Waals surface area contributed by atoms with Gasteiger partial charge in [-0.15, -0.1) is 0 Å². The third-order valence-corrected chi connectivity index (χ3v) is 3.46. The second kappa shape index (κ2) is 5.06. The second-order valence-electron chi connectivity index (χ2n) is 4.48. The summed E-state index contributed by atoms with van der Waals surface area (Å²) in [5.41, 5.74) is 2.99. The van der Waals surface area contributed by atoms with E-state index in [-0.39, 0.29) is 0 Å². The molecule has 0 spiro atoms. The van der Waals surface area contributed by atoms with Gasteiger partial charge in [0.1, 0.15) is 0 Å². The Bertz CT molecular complexity index is 824. The van der Waals surface area contributed by atoms with Crippen molar-refractivity contribution in [3.8, 4) is 0 Å². The first kappa shape index (κ1) is 12.2. The fraction of sp³-hybridized carbons (Fsp3) is 0.125. The maximum absolute atomic E-state index is 10.7. The van der Waals surface area contributed by atoms with Crippen LogP contribution >= 0.6 is 0 Å². The van der Waals surface area contributed by atoms with Gasteiger partial charge in [-0.3, -0.25) is 0 Å². The third-order valence-electron chi connectivity index (χ3n) is 3.46. The summed E-state index contributed by atoms with van der Waals surface area (Å²) in [5, 5.41) is 1.59. The van der Waals surface area contributed by atoms with Gasteiger partial charge in [0.05, 0.1) is 11.4 Å². The number of carbonyl (C=O) groups excluding carboxylic acids is 2. The molecule has 0 amide bonds. The van der Waals surface area contributed by atoms with Gasteiger partial charge >= 0.3 is 0 Å². The average molecular weight is 262 g/mol. The molecule has 0 N–H and O–H groups in total. The van der Waals surface area contributed by atoms with Crippen molar-refractivity contribution in [2.45, 2.75) is 12.8 Å². The van der Waals surface area contributed by atoms with E-state index >= 15 is 0 Å². The Balaban J connectivity index is 2.56. The lowest BCUT2D eigenvalue weighted by Gasteiger charge is -2.17. The van der Waals surface area contributed by atoms with Gasteiger partial charge in [0.15, 0.2) is 0 Å². The fourth-order valence-corrected chi connectivity index (χ4v) is 2.68. The van der Waals surface area contributed by atoms with Crippen LogP contribution in [0.2, 0.25) is 0 Å². The van der Waals surface area contributed by atoms with E-state index in [0.29, 0.717) is 11.4 Å². The van der Waals surface area contributed by atoms with Gasteiger partial charge in [-0.25, -0.2) is 9.59 Å². The number of isocyanates is 2. The van der Waals surface area contributed by atoms with E-state index in [2.05, 4.69) is 9.98 Å². The predicted octanol–water partition coefficient (Wildman–Crippen LogP) is 3.73. The molecule has 20 heavy (non-hydrogen) atoms. The lowest BCUT2D eigenvalue weighted by molar-refractivity contribution is 0.564. The van der Waals surface area contributed by atoms with Crippen molar-refractivity contribution in [2.75, 3.05) is 0 Å². The summed E-state index contributed by atoms with van der Waals surface area (Å²) in [6, 6.07) is 7.46. The van der Waals surface area contributed by atoms with Crippen LogP contribution in [0.1, 0.15) is 17.5 Å². The molecule has 1 aliphatic rings. The topological polar surface area (TPSA) is 58.9 Å². The van der Waals surface area contributed by atoms with Crippen LogP contribution in [0, 0.1) is 0 Å². The number of fused-ring (bicyclic) bond motifs is 2. The summed E-state index contributed by atoms with van der Waals surface area (Å²) in [6.07, 6.45) is 8.81. The molecule has 0 atom stereocenters. The largest absolute Gasteiger partial charge is 0.240 e. The zero-order chi connectivity index (χ0) is 13.9. The highest BCUT2D eigenvalue weighted by Crippen LogP contribution is 2.43. The number of aliphatic imine (C=N–C) groups is 2. The minimum absolute atomic E-state index is 0.589. The van der Waals surface area contributed by atoms with Crippen LogP contribution in [0.3, 0.4) is 0 Å². The Morgan fingerprint density at radius 1 is 0.950 bits per heavy atom. The maximum Gasteiger partial charge on any atom is 0.240 e. The summed E-state index contributed by atoms with van der Waals surface area (Å²) in [6.45, 7) is 0. The van der Waals surface area contributed by atoms with Crippen LogP contribution in [0.25, 0.3) is 16.8 Å². The SMILES string of the molecule is O=C=Nc1c2c(c(N=C=O)c3ccccc13)CCC=C2. The van der Waals surface area contributed by atoms with Crippen molar-refractivity contribution in [1.82, 2.24) is 0 Å². The molecule has 4 heteroatoms. The van der Waals surface area contributed by atoms with E-state index in [0.717, 1.165) is 34.7 Å². The smallest absolute Gasteiger partial charge is 0.211 e. The molecule has 2 aromatic rings. The molecule has 0 heterocycles. The molecular formula is C16H10N2O2. The summed E-state index contributed by atoms with van der Waals surface area (Å²) >= 11 is 0. The predicted molar refractivity (Wildman–Crippen MR) is 76.9 cm³/mol. The maximum atomic E-state index is 10.7. The van der Waals surface area contributed by atoms with Crippen LogP contribution in [-0.2, 0) is 16.0 Å². The molecule has 3 rings (SSSR count). The highest BCUT2D eigenvalue weighted by atomic mass is 16.1. The van der Waals surface area contributed by atoms with E-state index in [4.69, 9.17) is 0 Å². The summed E-state index contributed by atoms with van der Waals surface area (Å²) < 4.78 is 0. The lowest BCUT2D eigenvalue weighted by Crippen LogP contribution is -1.97. The van der Waals surface area contributed by atoms with Crippen molar-refractivity contribution >= 4 is 40.4 Å². The van der Waals surface area contributed by atoms with Crippen molar-refractivity contribution in [3.63, 3.8) is 0 Å². The molecule has 4 nitrogen and oxygen atoms in total. The Hall–Kier alpha value is -2.80. The van der Waals surface area contributed by atoms with E-state index in [9.17, 15) is 9.59 Å². The average Bonchev–Trinajstić information content (AvgIpc) is 2.50. The van der Waals surface area contributed by atoms with Gasteiger partial charge in [-0.2, -0.15) is 9.98 Å². The first-order valence-corrected chi connectivity index (χ1v) is 6.26. The van der Waals surface area contributed by atoms with Crippen LogP contribution in [0.15, 0.2) is 40.3 Å². The summed E-state index contributed by atoms with van der Waals surface area (Å²) in [5.74, 6) is 0. The Morgan fingerprint density at radius 2 is 1.60 bits per heavy atom. The quantitative estimate of drug-likeness (QED) is 0.611. The van der Waals surface area contributed by atoms with Crippen molar-refractivity contribution in [3.05, 3.63) is 41.5 Å². The van der Waals surface area contributed by atoms with Crippen molar-refractivity contribution in [2.24, 2.45) is 9.98 Å². The van der Waals surface area contributed by atoms with E-state index in [1.807, 2.05) is 36.4 Å². The van der Waals surface area contributed by atoms with Crippen LogP contribution < -0.4 is 0 Å². The fourth-order valence-electron chi connectivity index (χ4n) is 2.68. The minimum Gasteiger partial charge on any atom is -0.211 e. The zero-order valence-corrected chi connectivity index (χ0v) is 10.6. The molecule has 0 bridgehead atoms. The molecule has 2 aromatic carbocycles. The van der Waals surface area contributed by atoms with Gasteiger partial charge in [0, 0.05) is 16.3 Å². The molecule has 0 saturated carbocycles. The second-order valence-corrected chi connectivity index (χ2v) is 4.48. The molecule has 0 aliphatic heterocycles. The Morgan fingerprint density at radius 3 is 2.30 bits per heavy atom. The van der Waals surface area contributed by atoms with E-state index in [1.165, 1.54) is 0 Å². The van der Waals surface area contributed by atoms with Gasteiger partial charge in [-0.1, -0.05) is 36.4 Å². The van der Waals surface area contributed by atoms with Crippen LogP contribution in [0.5, 0.6) is 0 Å². The van der Waals surface area contributed by atoms with E-state index < -0.39 is 0 Å². The molecule has 96 valence electrons. The Kier molecular flexibility index (Phi) is 3.10. The first-order valence-electron chi connectivity index (χ1n) is 6.26. The van der Waals surface area contributed by atoms with Gasteiger partial charge in [0.25, 0.3) is 0 Å². The normalized spacial score (nSPS) is 12.4. The standard InChI is InChI=1S/C16H10N2O2/c19-9-17-15-11-5-1-2-6-12(11)16(18-10-20)14-8-4-3-7-13(14)15/h1-3,5-7H,4,8H2. The van der Waals surface area contributed by atoms with Crippen molar-refractivity contribution in [1.29, 1.82) is 0 Å². The molecule has 0 radical (unpaired) electrons. The number of nitrogens with zero attached hydrogens (tertiary/aromatic N) is 2. The number of hydrogen-bond donors (Lipinski definition) is 0. The summed E-state index contributed by atoms with van der Waals surface area (Å²) in [7, 11) is 0. The zero-order valence-electron chi connectivity index (χ0n) is 10.6. The van der Waals surface area contributed by atoms with Crippen LogP contribution in [0.4, 0.5) is 11.4 Å². The van der Waals surface area contributed by atoms with E-state index in [1.54, 1.807) is 12.2 Å². The van der Waals surface area contributed by atoms with Crippen LogP contribution in [-0.4, -0.2) is 12.2 Å². The lowest BCUT2D eigenvalue weighted by atomic mass is 9.90. The Labute approximate surface area is 115 Å². The number of hydrogen-bond acceptors (Lipinski definition) is 4. The molecule has 0 aromatic heterocycles. The first-order chi connectivity index (χ1) is 9.86. The number of benzene rings is 2. The molecule has 0 fully saturated rings. The minimum atomic E-state index is 0.589. The number of allylic oxidation sites excluding steroid dienone is 1. The highest BCUT2D eigenvalue weighted by Gasteiger charge is 2.19. The summed E-state index contributed by atoms with van der Waals surface area (Å²) in [4.78, 5) is 29.2. The monoisotopic (exact) mass is 262 g/mol. The highest BCUT2D eigenvalue weighted by molar-refractivity contribution is 6.06. The van der Waals surface area contributed by atoms with Crippen molar-refractivity contribution < 1.29 is 9.59 Å².